The summed E-state index contributed by atoms with van der Waals surface area (Å²) in [6.07, 6.45) is 3.35. The Kier molecular flexibility index (Phi) is 6.46. The van der Waals surface area contributed by atoms with Gasteiger partial charge in [0.1, 0.15) is 5.82 Å². The molecule has 1 aromatic heterocycles. The summed E-state index contributed by atoms with van der Waals surface area (Å²) in [7, 11) is 0. The lowest BCUT2D eigenvalue weighted by atomic mass is 10.1. The summed E-state index contributed by atoms with van der Waals surface area (Å²) in [5.41, 5.74) is 2.55. The van der Waals surface area contributed by atoms with Crippen LogP contribution in [0.25, 0.3) is 0 Å². The third-order valence-corrected chi connectivity index (χ3v) is 3.85. The van der Waals surface area contributed by atoms with Crippen LogP contribution in [-0.2, 0) is 17.7 Å². The van der Waals surface area contributed by atoms with E-state index in [0.717, 1.165) is 51.5 Å². The van der Waals surface area contributed by atoms with E-state index in [1.165, 1.54) is 17.7 Å². The first-order valence-corrected chi connectivity index (χ1v) is 8.29. The highest BCUT2D eigenvalue weighted by atomic mass is 16.5. The molecule has 0 spiro atoms. The van der Waals surface area contributed by atoms with E-state index in [-0.39, 0.29) is 0 Å². The first kappa shape index (κ1) is 16.2. The number of aromatic nitrogens is 1. The Balaban J connectivity index is 2.17. The number of rotatable bonds is 7. The lowest BCUT2D eigenvalue weighted by molar-refractivity contribution is 0.0985. The number of anilines is 1. The van der Waals surface area contributed by atoms with Crippen LogP contribution in [0.1, 0.15) is 44.9 Å². The molecular weight excluding hydrogens is 262 g/mol. The first-order valence-electron chi connectivity index (χ1n) is 8.29. The summed E-state index contributed by atoms with van der Waals surface area (Å²) in [6.45, 7) is 11.1. The molecule has 1 N–H and O–H groups in total. The molecule has 4 nitrogen and oxygen atoms in total. The molecule has 2 heterocycles. The predicted molar refractivity (Wildman–Crippen MR) is 87.9 cm³/mol. The second kappa shape index (κ2) is 8.35. The van der Waals surface area contributed by atoms with Gasteiger partial charge in [-0.3, -0.25) is 0 Å². The first-order chi connectivity index (χ1) is 10.2. The van der Waals surface area contributed by atoms with E-state index >= 15 is 0 Å². The van der Waals surface area contributed by atoms with Crippen molar-refractivity contribution >= 4 is 5.82 Å². The zero-order valence-electron chi connectivity index (χ0n) is 13.7. The van der Waals surface area contributed by atoms with Crippen molar-refractivity contribution in [2.24, 2.45) is 0 Å². The van der Waals surface area contributed by atoms with Crippen LogP contribution in [0.15, 0.2) is 12.1 Å². The van der Waals surface area contributed by atoms with Crippen molar-refractivity contribution in [2.45, 2.75) is 52.6 Å². The average Bonchev–Trinajstić information content (AvgIpc) is 2.48. The largest absolute Gasteiger partial charge is 0.377 e. The number of hydrogen-bond donors (Lipinski definition) is 1. The Hall–Kier alpha value is -1.13. The van der Waals surface area contributed by atoms with Crippen LogP contribution in [0.2, 0.25) is 0 Å². The van der Waals surface area contributed by atoms with Crippen LogP contribution in [0.3, 0.4) is 0 Å². The molecule has 1 aliphatic rings. The van der Waals surface area contributed by atoms with Crippen molar-refractivity contribution in [1.82, 2.24) is 10.3 Å². The summed E-state index contributed by atoms with van der Waals surface area (Å²) in [5, 5.41) is 3.49. The Morgan fingerprint density at radius 3 is 2.90 bits per heavy atom. The number of morpholine rings is 1. The fraction of sp³-hybridized carbons (Fsp3) is 0.706. The van der Waals surface area contributed by atoms with Gasteiger partial charge in [0.25, 0.3) is 0 Å². The normalized spacial score (nSPS) is 19.0. The highest BCUT2D eigenvalue weighted by Crippen LogP contribution is 2.20. The maximum atomic E-state index is 5.54. The monoisotopic (exact) mass is 291 g/mol. The van der Waals surface area contributed by atoms with Crippen LogP contribution in [0, 0.1) is 0 Å². The molecule has 1 aliphatic heterocycles. The molecule has 1 unspecified atom stereocenters. The molecule has 118 valence electrons. The maximum absolute atomic E-state index is 5.54. The van der Waals surface area contributed by atoms with Gasteiger partial charge in [-0.2, -0.15) is 0 Å². The molecule has 1 saturated heterocycles. The number of pyridine rings is 1. The summed E-state index contributed by atoms with van der Waals surface area (Å²) >= 11 is 0. The molecule has 21 heavy (non-hydrogen) atoms. The highest BCUT2D eigenvalue weighted by molar-refractivity contribution is 5.44. The molecule has 0 amide bonds. The number of aryl methyl sites for hydroxylation is 1. The zero-order valence-corrected chi connectivity index (χ0v) is 13.7. The van der Waals surface area contributed by atoms with Gasteiger partial charge in [-0.15, -0.1) is 0 Å². The molecule has 4 heteroatoms. The SMILES string of the molecule is CCCNCc1cc(CCC)nc(N2CCOCC2C)c1. The second-order valence-electron chi connectivity index (χ2n) is 5.87. The third-order valence-electron chi connectivity index (χ3n) is 3.85. The standard InChI is InChI=1S/C17H29N3O/c1-4-6-16-10-15(12-18-7-5-2)11-17(19-16)20-8-9-21-13-14(20)3/h10-11,14,18H,4-9,12-13H2,1-3H3. The Labute approximate surface area is 128 Å². The predicted octanol–water partition coefficient (Wildman–Crippen LogP) is 2.76. The molecule has 1 atom stereocenters. The van der Waals surface area contributed by atoms with Gasteiger partial charge in [0.15, 0.2) is 0 Å². The van der Waals surface area contributed by atoms with E-state index < -0.39 is 0 Å². The van der Waals surface area contributed by atoms with E-state index in [1.54, 1.807) is 0 Å². The van der Waals surface area contributed by atoms with Crippen molar-refractivity contribution in [3.05, 3.63) is 23.4 Å². The van der Waals surface area contributed by atoms with E-state index in [2.05, 4.69) is 43.1 Å². The molecular formula is C17H29N3O. The van der Waals surface area contributed by atoms with Gasteiger partial charge in [-0.25, -0.2) is 4.98 Å². The number of hydrogen-bond acceptors (Lipinski definition) is 4. The number of nitrogens with zero attached hydrogens (tertiary/aromatic N) is 2. The molecule has 0 radical (unpaired) electrons. The average molecular weight is 291 g/mol. The van der Waals surface area contributed by atoms with Crippen molar-refractivity contribution in [3.63, 3.8) is 0 Å². The summed E-state index contributed by atoms with van der Waals surface area (Å²) in [4.78, 5) is 7.25. The van der Waals surface area contributed by atoms with Crippen LogP contribution in [-0.4, -0.2) is 37.3 Å². The van der Waals surface area contributed by atoms with Crippen LogP contribution in [0.4, 0.5) is 5.82 Å². The maximum Gasteiger partial charge on any atom is 0.129 e. The van der Waals surface area contributed by atoms with Crippen LogP contribution >= 0.6 is 0 Å². The molecule has 0 saturated carbocycles. The topological polar surface area (TPSA) is 37.4 Å². The fourth-order valence-electron chi connectivity index (χ4n) is 2.74. The minimum absolute atomic E-state index is 0.402. The van der Waals surface area contributed by atoms with Crippen LogP contribution < -0.4 is 10.2 Å². The Morgan fingerprint density at radius 2 is 2.19 bits per heavy atom. The minimum Gasteiger partial charge on any atom is -0.377 e. The molecule has 1 fully saturated rings. The van der Waals surface area contributed by atoms with E-state index in [1.807, 2.05) is 0 Å². The number of ether oxygens (including phenoxy) is 1. The molecule has 1 aromatic rings. The van der Waals surface area contributed by atoms with Crippen molar-refractivity contribution in [1.29, 1.82) is 0 Å². The molecule has 0 aromatic carbocycles. The summed E-state index contributed by atoms with van der Waals surface area (Å²) in [5.74, 6) is 1.12. The summed E-state index contributed by atoms with van der Waals surface area (Å²) in [6, 6.07) is 4.89. The smallest absolute Gasteiger partial charge is 0.129 e. The highest BCUT2D eigenvalue weighted by Gasteiger charge is 2.20. The zero-order chi connectivity index (χ0) is 15.1. The van der Waals surface area contributed by atoms with E-state index in [4.69, 9.17) is 9.72 Å². The second-order valence-corrected chi connectivity index (χ2v) is 5.87. The van der Waals surface area contributed by atoms with Gasteiger partial charge in [-0.1, -0.05) is 20.3 Å². The minimum atomic E-state index is 0.402. The van der Waals surface area contributed by atoms with Crippen molar-refractivity contribution in [2.75, 3.05) is 31.2 Å². The van der Waals surface area contributed by atoms with E-state index in [0.29, 0.717) is 6.04 Å². The summed E-state index contributed by atoms with van der Waals surface area (Å²) < 4.78 is 5.54. The third kappa shape index (κ3) is 4.68. The lowest BCUT2D eigenvalue weighted by Gasteiger charge is -2.34. The quantitative estimate of drug-likeness (QED) is 0.784. The lowest BCUT2D eigenvalue weighted by Crippen LogP contribution is -2.44. The van der Waals surface area contributed by atoms with Gasteiger partial charge in [0.05, 0.1) is 19.3 Å². The van der Waals surface area contributed by atoms with Crippen molar-refractivity contribution < 1.29 is 4.74 Å². The van der Waals surface area contributed by atoms with Gasteiger partial charge < -0.3 is 15.0 Å². The molecule has 0 aliphatic carbocycles. The Morgan fingerprint density at radius 1 is 1.33 bits per heavy atom. The van der Waals surface area contributed by atoms with Crippen molar-refractivity contribution in [3.8, 4) is 0 Å². The molecule has 0 bridgehead atoms. The van der Waals surface area contributed by atoms with Gasteiger partial charge >= 0.3 is 0 Å². The van der Waals surface area contributed by atoms with E-state index in [9.17, 15) is 0 Å². The fourth-order valence-corrected chi connectivity index (χ4v) is 2.74. The number of nitrogens with one attached hydrogen (secondary N) is 1. The van der Waals surface area contributed by atoms with Gasteiger partial charge in [0, 0.05) is 18.8 Å². The van der Waals surface area contributed by atoms with Gasteiger partial charge in [0.2, 0.25) is 0 Å². The molecule has 2 rings (SSSR count). The van der Waals surface area contributed by atoms with Gasteiger partial charge in [-0.05, 0) is 44.0 Å². The van der Waals surface area contributed by atoms with Crippen LogP contribution in [0.5, 0.6) is 0 Å². The Bertz CT molecular complexity index is 436.